The molecule has 1 amide bonds. The van der Waals surface area contributed by atoms with Gasteiger partial charge in [-0.3, -0.25) is 14.3 Å². The molecule has 3 aliphatic rings. The largest absolute Gasteiger partial charge is 0.454 e. The number of aromatic nitrogens is 4. The number of hydrogen-bond donors (Lipinski definition) is 1. The molecule has 5 heterocycles. The van der Waals surface area contributed by atoms with Gasteiger partial charge in [-0.25, -0.2) is 9.97 Å². The Hall–Kier alpha value is -4.84. The van der Waals surface area contributed by atoms with Gasteiger partial charge in [-0.05, 0) is 48.7 Å². The number of aryl methyl sites for hydroxylation is 1. The zero-order chi connectivity index (χ0) is 29.2. The van der Waals surface area contributed by atoms with Crippen molar-refractivity contribution >= 4 is 11.7 Å². The molecule has 3 aliphatic heterocycles. The number of nitrogens with one attached hydrogen (secondary N) is 1. The van der Waals surface area contributed by atoms with E-state index in [1.807, 2.05) is 49.5 Å². The second-order valence-electron chi connectivity index (χ2n) is 10.9. The number of benzene rings is 2. The van der Waals surface area contributed by atoms with E-state index in [2.05, 4.69) is 31.2 Å². The average Bonchev–Trinajstić information content (AvgIpc) is 3.80. The molecule has 12 heteroatoms. The van der Waals surface area contributed by atoms with Gasteiger partial charge in [0.1, 0.15) is 12.1 Å². The monoisotopic (exact) mass is 583 g/mol. The Morgan fingerprint density at radius 1 is 0.930 bits per heavy atom. The number of fused-ring (bicyclic) bond motifs is 2. The molecule has 2 aromatic carbocycles. The van der Waals surface area contributed by atoms with E-state index < -0.39 is 0 Å². The Kier molecular flexibility index (Phi) is 7.42. The summed E-state index contributed by atoms with van der Waals surface area (Å²) in [5.41, 5.74) is 3.08. The number of anilines is 1. The number of carbonyl (C=O) groups is 1. The first-order valence-electron chi connectivity index (χ1n) is 14.4. The molecule has 4 aromatic rings. The first-order chi connectivity index (χ1) is 21.1. The van der Waals surface area contributed by atoms with Gasteiger partial charge in [0.05, 0.1) is 0 Å². The van der Waals surface area contributed by atoms with E-state index in [1.54, 1.807) is 17.1 Å². The third-order valence-electron chi connectivity index (χ3n) is 7.91. The van der Waals surface area contributed by atoms with Gasteiger partial charge in [-0.15, -0.1) is 0 Å². The normalized spacial score (nSPS) is 17.3. The van der Waals surface area contributed by atoms with Crippen molar-refractivity contribution in [2.75, 3.05) is 44.7 Å². The SMILES string of the molecule is Cc1cc(N2CCN(Cc3ccc4c(c3)OCO4)C(CC(=O)NCCc3ccc4c(c3)OCO4)C2)nc(-n2ccnc2)n1. The van der Waals surface area contributed by atoms with E-state index in [9.17, 15) is 4.79 Å². The van der Waals surface area contributed by atoms with Gasteiger partial charge in [0.15, 0.2) is 23.0 Å². The molecule has 222 valence electrons. The third kappa shape index (κ3) is 6.05. The summed E-state index contributed by atoms with van der Waals surface area (Å²) < 4.78 is 23.8. The number of hydrogen-bond acceptors (Lipinski definition) is 10. The zero-order valence-electron chi connectivity index (χ0n) is 23.9. The molecule has 12 nitrogen and oxygen atoms in total. The second-order valence-corrected chi connectivity index (χ2v) is 10.9. The number of imidazole rings is 1. The molecular weight excluding hydrogens is 550 g/mol. The summed E-state index contributed by atoms with van der Waals surface area (Å²) in [6, 6.07) is 13.9. The van der Waals surface area contributed by atoms with Gasteiger partial charge in [-0.2, -0.15) is 4.98 Å². The van der Waals surface area contributed by atoms with Crippen LogP contribution in [0.15, 0.2) is 61.2 Å². The van der Waals surface area contributed by atoms with Crippen LogP contribution in [0, 0.1) is 6.92 Å². The molecule has 0 saturated carbocycles. The molecule has 0 radical (unpaired) electrons. The van der Waals surface area contributed by atoms with Gasteiger partial charge in [-0.1, -0.05) is 12.1 Å². The Morgan fingerprint density at radius 2 is 1.67 bits per heavy atom. The van der Waals surface area contributed by atoms with Gasteiger partial charge in [0.25, 0.3) is 0 Å². The van der Waals surface area contributed by atoms with Crippen molar-refractivity contribution in [3.8, 4) is 28.9 Å². The minimum atomic E-state index is -0.0308. The summed E-state index contributed by atoms with van der Waals surface area (Å²) in [4.78, 5) is 31.5. The smallest absolute Gasteiger partial charge is 0.237 e. The van der Waals surface area contributed by atoms with Crippen molar-refractivity contribution in [2.45, 2.75) is 32.4 Å². The van der Waals surface area contributed by atoms with E-state index >= 15 is 0 Å². The number of ether oxygens (including phenoxy) is 4. The summed E-state index contributed by atoms with van der Waals surface area (Å²) >= 11 is 0. The summed E-state index contributed by atoms with van der Waals surface area (Å²) in [5.74, 6) is 4.47. The fourth-order valence-corrected chi connectivity index (χ4v) is 5.70. The summed E-state index contributed by atoms with van der Waals surface area (Å²) in [7, 11) is 0. The standard InChI is InChI=1S/C31H33N7O5/c1-21-12-29(35-31(34-21)38-9-8-32-18-38)37-11-10-36(16-23-3-5-26-28(14-23)43-20-41-26)24(17-37)15-30(39)33-7-6-22-2-4-25-27(13-22)42-19-40-25/h2-5,8-9,12-14,18,24H,6-7,10-11,15-17,19-20H2,1H3,(H,33,39). The number of amides is 1. The van der Waals surface area contributed by atoms with E-state index in [4.69, 9.17) is 23.9 Å². The number of carbonyl (C=O) groups excluding carboxylic acids is 1. The molecular formula is C31H33N7O5. The highest BCUT2D eigenvalue weighted by molar-refractivity contribution is 5.76. The van der Waals surface area contributed by atoms with Crippen molar-refractivity contribution < 1.29 is 23.7 Å². The highest BCUT2D eigenvalue weighted by atomic mass is 16.7. The molecule has 7 rings (SSSR count). The van der Waals surface area contributed by atoms with Crippen molar-refractivity contribution in [2.24, 2.45) is 0 Å². The Morgan fingerprint density at radius 3 is 2.44 bits per heavy atom. The molecule has 1 fully saturated rings. The maximum absolute atomic E-state index is 13.3. The Balaban J connectivity index is 1.05. The molecule has 0 spiro atoms. The average molecular weight is 584 g/mol. The molecule has 0 bridgehead atoms. The molecule has 1 saturated heterocycles. The van der Waals surface area contributed by atoms with Crippen molar-refractivity contribution in [1.82, 2.24) is 29.7 Å². The maximum atomic E-state index is 13.3. The molecule has 2 aromatic heterocycles. The molecule has 1 N–H and O–H groups in total. The predicted molar refractivity (Wildman–Crippen MR) is 157 cm³/mol. The summed E-state index contributed by atoms with van der Waals surface area (Å²) in [6.07, 6.45) is 6.30. The van der Waals surface area contributed by atoms with Crippen LogP contribution < -0.4 is 29.2 Å². The van der Waals surface area contributed by atoms with Crippen LogP contribution in [-0.2, 0) is 17.8 Å². The number of rotatable bonds is 9. The highest BCUT2D eigenvalue weighted by Gasteiger charge is 2.30. The lowest BCUT2D eigenvalue weighted by Gasteiger charge is -2.42. The Bertz CT molecular complexity index is 1610. The predicted octanol–water partition coefficient (Wildman–Crippen LogP) is 2.87. The number of nitrogens with zero attached hydrogens (tertiary/aromatic N) is 6. The van der Waals surface area contributed by atoms with Crippen LogP contribution in [0.2, 0.25) is 0 Å². The lowest BCUT2D eigenvalue weighted by Crippen LogP contribution is -2.54. The fourth-order valence-electron chi connectivity index (χ4n) is 5.70. The minimum absolute atomic E-state index is 0.0150. The molecule has 1 unspecified atom stereocenters. The van der Waals surface area contributed by atoms with Crippen LogP contribution >= 0.6 is 0 Å². The van der Waals surface area contributed by atoms with Crippen LogP contribution in [0.3, 0.4) is 0 Å². The minimum Gasteiger partial charge on any atom is -0.454 e. The van der Waals surface area contributed by atoms with Crippen molar-refractivity contribution in [3.63, 3.8) is 0 Å². The van der Waals surface area contributed by atoms with Crippen LogP contribution in [0.25, 0.3) is 5.95 Å². The van der Waals surface area contributed by atoms with Gasteiger partial charge in [0.2, 0.25) is 25.4 Å². The second kappa shape index (κ2) is 11.8. The van der Waals surface area contributed by atoms with Gasteiger partial charge in [0, 0.05) is 69.3 Å². The van der Waals surface area contributed by atoms with E-state index in [-0.39, 0.29) is 25.5 Å². The van der Waals surface area contributed by atoms with Crippen LogP contribution in [-0.4, -0.2) is 76.1 Å². The van der Waals surface area contributed by atoms with Crippen molar-refractivity contribution in [3.05, 3.63) is 78.0 Å². The molecule has 43 heavy (non-hydrogen) atoms. The quantitative estimate of drug-likeness (QED) is 0.315. The summed E-state index contributed by atoms with van der Waals surface area (Å²) in [6.45, 7) is 5.88. The fraction of sp³-hybridized carbons (Fsp3) is 0.355. The van der Waals surface area contributed by atoms with E-state index in [0.717, 1.165) is 58.7 Å². The zero-order valence-corrected chi connectivity index (χ0v) is 23.9. The maximum Gasteiger partial charge on any atom is 0.237 e. The van der Waals surface area contributed by atoms with Gasteiger partial charge >= 0.3 is 0 Å². The van der Waals surface area contributed by atoms with Crippen LogP contribution in [0.4, 0.5) is 5.82 Å². The van der Waals surface area contributed by atoms with E-state index in [1.165, 1.54) is 0 Å². The third-order valence-corrected chi connectivity index (χ3v) is 7.91. The lowest BCUT2D eigenvalue weighted by atomic mass is 10.1. The van der Waals surface area contributed by atoms with Crippen LogP contribution in [0.5, 0.6) is 23.0 Å². The highest BCUT2D eigenvalue weighted by Crippen LogP contribution is 2.34. The summed E-state index contributed by atoms with van der Waals surface area (Å²) in [5, 5.41) is 3.13. The van der Waals surface area contributed by atoms with Gasteiger partial charge < -0.3 is 29.2 Å². The topological polar surface area (TPSA) is 116 Å². The number of piperazine rings is 1. The Labute approximate surface area is 249 Å². The first-order valence-corrected chi connectivity index (χ1v) is 14.4. The van der Waals surface area contributed by atoms with Crippen molar-refractivity contribution in [1.29, 1.82) is 0 Å². The molecule has 0 aliphatic carbocycles. The molecule has 1 atom stereocenters. The first kappa shape index (κ1) is 27.0. The van der Waals surface area contributed by atoms with Crippen LogP contribution in [0.1, 0.15) is 23.2 Å². The van der Waals surface area contributed by atoms with E-state index in [0.29, 0.717) is 38.4 Å². The lowest BCUT2D eigenvalue weighted by molar-refractivity contribution is -0.122.